The molecule has 0 radical (unpaired) electrons. The Kier molecular flexibility index (Phi) is 3.88. The van der Waals surface area contributed by atoms with E-state index in [9.17, 15) is 9.59 Å². The van der Waals surface area contributed by atoms with Gasteiger partial charge in [-0.15, -0.1) is 11.3 Å². The number of anilines is 2. The summed E-state index contributed by atoms with van der Waals surface area (Å²) >= 11 is 1.26. The number of carbonyl (C=O) groups is 2. The average molecular weight is 310 g/mol. The third kappa shape index (κ3) is 2.83. The van der Waals surface area contributed by atoms with Crippen molar-refractivity contribution >= 4 is 33.8 Å². The fourth-order valence-corrected chi connectivity index (χ4v) is 3.81. The van der Waals surface area contributed by atoms with Crippen LogP contribution < -0.4 is 16.4 Å². The maximum Gasteiger partial charge on any atom is 0.265 e. The van der Waals surface area contributed by atoms with Crippen LogP contribution in [0, 0.1) is 5.41 Å². The molecule has 0 spiro atoms. The van der Waals surface area contributed by atoms with Gasteiger partial charge in [-0.25, -0.2) is 0 Å². The standard InChI is InChI=1S/C14H22N4O2S/c1-14(2)5-6-18(7-14)13-8(11(16)19)9(15)10(21-13)12(20)17(3)4/h5-7,15H2,1-4H3,(H2,16,19). The van der Waals surface area contributed by atoms with Gasteiger partial charge in [0.2, 0.25) is 0 Å². The fourth-order valence-electron chi connectivity index (χ4n) is 2.54. The van der Waals surface area contributed by atoms with Crippen LogP contribution in [0.15, 0.2) is 0 Å². The Bertz CT molecular complexity index is 592. The highest BCUT2D eigenvalue weighted by Gasteiger charge is 2.34. The molecule has 21 heavy (non-hydrogen) atoms. The lowest BCUT2D eigenvalue weighted by atomic mass is 9.93. The van der Waals surface area contributed by atoms with Crippen LogP contribution >= 0.6 is 11.3 Å². The van der Waals surface area contributed by atoms with Crippen LogP contribution in [0.4, 0.5) is 10.7 Å². The smallest absolute Gasteiger partial charge is 0.265 e. The summed E-state index contributed by atoms with van der Waals surface area (Å²) in [6, 6.07) is 0. The van der Waals surface area contributed by atoms with Crippen LogP contribution in [-0.4, -0.2) is 43.9 Å². The number of nitrogens with two attached hydrogens (primary N) is 2. The molecule has 4 N–H and O–H groups in total. The molecule has 0 bridgehead atoms. The quantitative estimate of drug-likeness (QED) is 0.882. The van der Waals surface area contributed by atoms with E-state index in [-0.39, 0.29) is 22.6 Å². The maximum absolute atomic E-state index is 12.2. The van der Waals surface area contributed by atoms with Crippen LogP contribution in [0.5, 0.6) is 0 Å². The van der Waals surface area contributed by atoms with E-state index in [1.54, 1.807) is 14.1 Å². The molecular weight excluding hydrogens is 288 g/mol. The molecule has 7 heteroatoms. The monoisotopic (exact) mass is 310 g/mol. The van der Waals surface area contributed by atoms with Crippen molar-refractivity contribution in [1.29, 1.82) is 0 Å². The molecule has 1 aromatic rings. The van der Waals surface area contributed by atoms with Gasteiger partial charge in [0.15, 0.2) is 0 Å². The molecule has 116 valence electrons. The zero-order chi connectivity index (χ0) is 15.9. The van der Waals surface area contributed by atoms with E-state index >= 15 is 0 Å². The van der Waals surface area contributed by atoms with E-state index in [1.165, 1.54) is 16.2 Å². The van der Waals surface area contributed by atoms with Gasteiger partial charge in [-0.05, 0) is 11.8 Å². The summed E-state index contributed by atoms with van der Waals surface area (Å²) in [6.45, 7) is 6.02. The second-order valence-electron chi connectivity index (χ2n) is 6.42. The fraction of sp³-hybridized carbons (Fsp3) is 0.571. The van der Waals surface area contributed by atoms with Gasteiger partial charge in [0.25, 0.3) is 11.8 Å². The zero-order valence-corrected chi connectivity index (χ0v) is 13.7. The van der Waals surface area contributed by atoms with Crippen LogP contribution in [0.2, 0.25) is 0 Å². The van der Waals surface area contributed by atoms with Gasteiger partial charge in [0, 0.05) is 27.2 Å². The summed E-state index contributed by atoms with van der Waals surface area (Å²) < 4.78 is 0. The molecule has 0 aromatic carbocycles. The van der Waals surface area contributed by atoms with Crippen molar-refractivity contribution in [1.82, 2.24) is 4.90 Å². The Labute approximate surface area is 128 Å². The maximum atomic E-state index is 12.2. The van der Waals surface area contributed by atoms with Gasteiger partial charge < -0.3 is 21.3 Å². The van der Waals surface area contributed by atoms with Crippen molar-refractivity contribution in [3.8, 4) is 0 Å². The van der Waals surface area contributed by atoms with Crippen LogP contribution in [0.25, 0.3) is 0 Å². The normalized spacial score (nSPS) is 17.0. The third-order valence-electron chi connectivity index (χ3n) is 3.74. The van der Waals surface area contributed by atoms with Crippen molar-refractivity contribution in [3.05, 3.63) is 10.4 Å². The number of nitrogens with zero attached hydrogens (tertiary/aromatic N) is 2. The molecule has 0 unspecified atom stereocenters. The predicted octanol–water partition coefficient (Wildman–Crippen LogP) is 1.37. The van der Waals surface area contributed by atoms with Crippen LogP contribution in [0.3, 0.4) is 0 Å². The van der Waals surface area contributed by atoms with Gasteiger partial charge >= 0.3 is 0 Å². The number of nitrogen functional groups attached to an aromatic ring is 1. The highest BCUT2D eigenvalue weighted by Crippen LogP contribution is 2.42. The van der Waals surface area contributed by atoms with E-state index < -0.39 is 5.91 Å². The van der Waals surface area contributed by atoms with E-state index in [4.69, 9.17) is 11.5 Å². The molecule has 0 saturated carbocycles. The summed E-state index contributed by atoms with van der Waals surface area (Å²) in [5.74, 6) is -0.786. The Morgan fingerprint density at radius 1 is 1.33 bits per heavy atom. The Balaban J connectivity index is 2.48. The minimum Gasteiger partial charge on any atom is -0.397 e. The van der Waals surface area contributed by atoms with Gasteiger partial charge in [-0.3, -0.25) is 9.59 Å². The molecule has 2 heterocycles. The Morgan fingerprint density at radius 3 is 2.38 bits per heavy atom. The molecule has 0 aliphatic carbocycles. The lowest BCUT2D eigenvalue weighted by Crippen LogP contribution is -2.25. The third-order valence-corrected chi connectivity index (χ3v) is 4.99. The predicted molar refractivity (Wildman–Crippen MR) is 85.9 cm³/mol. The summed E-state index contributed by atoms with van der Waals surface area (Å²) in [5, 5.41) is 0.718. The summed E-state index contributed by atoms with van der Waals surface area (Å²) in [6.07, 6.45) is 1.03. The SMILES string of the molecule is CN(C)C(=O)c1sc(N2CCC(C)(C)C2)c(C(N)=O)c1N. The Morgan fingerprint density at radius 2 is 1.95 bits per heavy atom. The molecule has 2 amide bonds. The zero-order valence-electron chi connectivity index (χ0n) is 12.9. The van der Waals surface area contributed by atoms with Gasteiger partial charge in [-0.2, -0.15) is 0 Å². The van der Waals surface area contributed by atoms with Crippen molar-refractivity contribution in [3.63, 3.8) is 0 Å². The molecule has 2 rings (SSSR count). The number of rotatable bonds is 3. The first-order chi connectivity index (χ1) is 9.64. The van der Waals surface area contributed by atoms with E-state index in [0.717, 1.165) is 24.5 Å². The molecule has 1 aliphatic heterocycles. The number of thiophene rings is 1. The summed E-state index contributed by atoms with van der Waals surface area (Å²) in [7, 11) is 3.31. The van der Waals surface area contributed by atoms with Crippen molar-refractivity contribution in [2.24, 2.45) is 11.1 Å². The second-order valence-corrected chi connectivity index (χ2v) is 7.42. The average Bonchev–Trinajstić information content (AvgIpc) is 2.88. The van der Waals surface area contributed by atoms with Crippen LogP contribution in [-0.2, 0) is 0 Å². The van der Waals surface area contributed by atoms with E-state index in [0.29, 0.717) is 4.88 Å². The minimum atomic E-state index is -0.582. The first kappa shape index (κ1) is 15.6. The Hall–Kier alpha value is -1.76. The lowest BCUT2D eigenvalue weighted by Gasteiger charge is -2.21. The number of hydrogen-bond donors (Lipinski definition) is 2. The first-order valence-corrected chi connectivity index (χ1v) is 7.64. The highest BCUT2D eigenvalue weighted by atomic mass is 32.1. The number of carbonyl (C=O) groups excluding carboxylic acids is 2. The summed E-state index contributed by atoms with van der Waals surface area (Å²) in [5.41, 5.74) is 12.2. The molecule has 1 aliphatic rings. The highest BCUT2D eigenvalue weighted by molar-refractivity contribution is 7.19. The first-order valence-electron chi connectivity index (χ1n) is 6.83. The van der Waals surface area contributed by atoms with Gasteiger partial charge in [0.05, 0.1) is 11.3 Å². The minimum absolute atomic E-state index is 0.180. The van der Waals surface area contributed by atoms with E-state index in [1.807, 2.05) is 0 Å². The van der Waals surface area contributed by atoms with Gasteiger partial charge in [0.1, 0.15) is 9.88 Å². The van der Waals surface area contributed by atoms with Crippen molar-refractivity contribution in [2.45, 2.75) is 20.3 Å². The molecule has 1 saturated heterocycles. The number of primary amides is 1. The lowest BCUT2D eigenvalue weighted by molar-refractivity contribution is 0.0833. The second kappa shape index (κ2) is 5.22. The summed E-state index contributed by atoms with van der Waals surface area (Å²) in [4.78, 5) is 27.9. The number of hydrogen-bond acceptors (Lipinski definition) is 5. The van der Waals surface area contributed by atoms with Gasteiger partial charge in [-0.1, -0.05) is 13.8 Å². The van der Waals surface area contributed by atoms with E-state index in [2.05, 4.69) is 18.7 Å². The topological polar surface area (TPSA) is 92.7 Å². The molecule has 1 aromatic heterocycles. The molecule has 1 fully saturated rings. The number of amides is 2. The molecule has 6 nitrogen and oxygen atoms in total. The van der Waals surface area contributed by atoms with Crippen LogP contribution in [0.1, 0.15) is 40.3 Å². The van der Waals surface area contributed by atoms with Crippen molar-refractivity contribution in [2.75, 3.05) is 37.8 Å². The van der Waals surface area contributed by atoms with Crippen molar-refractivity contribution < 1.29 is 9.59 Å². The molecule has 0 atom stereocenters. The molecular formula is C14H22N4O2S. The largest absolute Gasteiger partial charge is 0.397 e.